The summed E-state index contributed by atoms with van der Waals surface area (Å²) in [7, 11) is 1.36. The van der Waals surface area contributed by atoms with Crippen molar-refractivity contribution in [1.82, 2.24) is 9.97 Å². The van der Waals surface area contributed by atoms with Gasteiger partial charge in [-0.2, -0.15) is 0 Å². The molecular weight excluding hydrogens is 364 g/mol. The van der Waals surface area contributed by atoms with Gasteiger partial charge < -0.3 is 4.74 Å². The Morgan fingerprint density at radius 1 is 1.36 bits per heavy atom. The molecule has 0 spiro atoms. The predicted molar refractivity (Wildman–Crippen MR) is 91.4 cm³/mol. The fraction of sp³-hybridized carbons (Fsp3) is 0.562. The van der Waals surface area contributed by atoms with Crippen molar-refractivity contribution < 1.29 is 9.53 Å². The number of carbonyl (C=O) groups excluding carboxylic acids is 1. The van der Waals surface area contributed by atoms with E-state index >= 15 is 0 Å². The zero-order valence-corrected chi connectivity index (χ0v) is 15.2. The Morgan fingerprint density at radius 2 is 2.09 bits per heavy atom. The number of nitrogens with zero attached hydrogens (tertiary/aromatic N) is 2. The number of aromatic nitrogens is 2. The van der Waals surface area contributed by atoms with Crippen LogP contribution in [0.15, 0.2) is 10.5 Å². The predicted octanol–water partition coefficient (Wildman–Crippen LogP) is 4.92. The van der Waals surface area contributed by atoms with Crippen LogP contribution in [0, 0.1) is 5.92 Å². The highest BCUT2D eigenvalue weighted by molar-refractivity contribution is 9.10. The third-order valence-corrected chi connectivity index (χ3v) is 6.26. The number of methoxy groups -OCH3 is 1. The number of fused-ring (bicyclic) bond motifs is 1. The van der Waals surface area contributed by atoms with Crippen LogP contribution in [0.3, 0.4) is 0 Å². The van der Waals surface area contributed by atoms with E-state index in [1.165, 1.54) is 39.2 Å². The number of ether oxygens (including phenoxy) is 1. The molecule has 1 fully saturated rings. The van der Waals surface area contributed by atoms with Gasteiger partial charge in [0.1, 0.15) is 0 Å². The lowest BCUT2D eigenvalue weighted by molar-refractivity contribution is 0.0593. The van der Waals surface area contributed by atoms with Gasteiger partial charge >= 0.3 is 5.97 Å². The SMILES string of the molecule is CC[C@H]1CC[C@H](c2nc3nc(C(=O)OC)c(Br)cc3s2)CC1. The molecule has 22 heavy (non-hydrogen) atoms. The lowest BCUT2D eigenvalue weighted by Crippen LogP contribution is -2.12. The standard InChI is InChI=1S/C16H19BrN2O2S/c1-3-9-4-6-10(7-5-9)15-19-14-12(22-15)8-11(17)13(18-14)16(20)21-2/h8-10H,3-7H2,1-2H3/t9-,10-. The lowest BCUT2D eigenvalue weighted by atomic mass is 9.81. The summed E-state index contributed by atoms with van der Waals surface area (Å²) in [6.07, 6.45) is 6.29. The van der Waals surface area contributed by atoms with Crippen LogP contribution >= 0.6 is 27.3 Å². The lowest BCUT2D eigenvalue weighted by Gasteiger charge is -2.26. The van der Waals surface area contributed by atoms with Gasteiger partial charge in [0.15, 0.2) is 11.3 Å². The van der Waals surface area contributed by atoms with Gasteiger partial charge in [-0.25, -0.2) is 14.8 Å². The Bertz CT molecular complexity index is 693. The maximum Gasteiger partial charge on any atom is 0.357 e. The van der Waals surface area contributed by atoms with Crippen LogP contribution in [0.1, 0.15) is 60.4 Å². The molecule has 0 radical (unpaired) electrons. The molecule has 1 aliphatic rings. The number of pyridine rings is 1. The summed E-state index contributed by atoms with van der Waals surface area (Å²) < 4.78 is 6.44. The molecule has 2 heterocycles. The minimum absolute atomic E-state index is 0.293. The van der Waals surface area contributed by atoms with Gasteiger partial charge in [-0.1, -0.05) is 13.3 Å². The summed E-state index contributed by atoms with van der Waals surface area (Å²) in [6.45, 7) is 2.28. The highest BCUT2D eigenvalue weighted by atomic mass is 79.9. The summed E-state index contributed by atoms with van der Waals surface area (Å²) >= 11 is 5.10. The topological polar surface area (TPSA) is 52.1 Å². The molecule has 1 saturated carbocycles. The average molecular weight is 383 g/mol. The maximum atomic E-state index is 11.7. The summed E-state index contributed by atoms with van der Waals surface area (Å²) in [5.74, 6) is 0.984. The van der Waals surface area contributed by atoms with Crippen molar-refractivity contribution in [2.24, 2.45) is 5.92 Å². The van der Waals surface area contributed by atoms with Crippen LogP contribution in [0.4, 0.5) is 0 Å². The van der Waals surface area contributed by atoms with Gasteiger partial charge in [-0.3, -0.25) is 0 Å². The van der Waals surface area contributed by atoms with Crippen molar-refractivity contribution in [2.45, 2.75) is 44.9 Å². The fourth-order valence-corrected chi connectivity index (χ4v) is 4.84. The Morgan fingerprint density at radius 3 is 2.73 bits per heavy atom. The van der Waals surface area contributed by atoms with Gasteiger partial charge in [-0.15, -0.1) is 11.3 Å². The molecule has 0 unspecified atom stereocenters. The van der Waals surface area contributed by atoms with Gasteiger partial charge in [0.25, 0.3) is 0 Å². The summed E-state index contributed by atoms with van der Waals surface area (Å²) in [6, 6.07) is 1.92. The molecule has 0 atom stereocenters. The first-order valence-corrected chi connectivity index (χ1v) is 9.28. The van der Waals surface area contributed by atoms with Crippen molar-refractivity contribution in [3.05, 3.63) is 21.2 Å². The van der Waals surface area contributed by atoms with Crippen LogP contribution in [-0.2, 0) is 4.74 Å². The molecule has 0 aliphatic heterocycles. The minimum Gasteiger partial charge on any atom is -0.464 e. The minimum atomic E-state index is -0.438. The highest BCUT2D eigenvalue weighted by Gasteiger charge is 2.25. The van der Waals surface area contributed by atoms with E-state index in [0.717, 1.165) is 15.6 Å². The summed E-state index contributed by atoms with van der Waals surface area (Å²) in [5, 5.41) is 1.16. The quantitative estimate of drug-likeness (QED) is 0.706. The Hall–Kier alpha value is -1.01. The molecule has 118 valence electrons. The molecular formula is C16H19BrN2O2S. The Kier molecular flexibility index (Phi) is 4.78. The summed E-state index contributed by atoms with van der Waals surface area (Å²) in [5.41, 5.74) is 0.947. The van der Waals surface area contributed by atoms with Gasteiger partial charge in [0, 0.05) is 5.92 Å². The van der Waals surface area contributed by atoms with Gasteiger partial charge in [0.05, 0.1) is 21.3 Å². The van der Waals surface area contributed by atoms with E-state index < -0.39 is 5.97 Å². The third-order valence-electron chi connectivity index (χ3n) is 4.50. The van der Waals surface area contributed by atoms with E-state index in [9.17, 15) is 4.79 Å². The van der Waals surface area contributed by atoms with E-state index in [4.69, 9.17) is 4.74 Å². The van der Waals surface area contributed by atoms with Crippen molar-refractivity contribution >= 4 is 43.6 Å². The van der Waals surface area contributed by atoms with Gasteiger partial charge in [-0.05, 0) is 53.6 Å². The fourth-order valence-electron chi connectivity index (χ4n) is 3.09. The van der Waals surface area contributed by atoms with Crippen LogP contribution < -0.4 is 0 Å². The van der Waals surface area contributed by atoms with Crippen LogP contribution in [0.25, 0.3) is 10.3 Å². The number of hydrogen-bond acceptors (Lipinski definition) is 5. The molecule has 0 amide bonds. The number of thiazole rings is 1. The highest BCUT2D eigenvalue weighted by Crippen LogP contribution is 2.40. The molecule has 2 aromatic rings. The largest absolute Gasteiger partial charge is 0.464 e. The smallest absolute Gasteiger partial charge is 0.357 e. The van der Waals surface area contributed by atoms with Crippen molar-refractivity contribution in [2.75, 3.05) is 7.11 Å². The van der Waals surface area contributed by atoms with Gasteiger partial charge in [0.2, 0.25) is 0 Å². The zero-order chi connectivity index (χ0) is 15.7. The zero-order valence-electron chi connectivity index (χ0n) is 12.8. The first kappa shape index (κ1) is 15.9. The molecule has 2 aromatic heterocycles. The molecule has 3 rings (SSSR count). The number of esters is 1. The Balaban J connectivity index is 1.88. The maximum absolute atomic E-state index is 11.7. The van der Waals surface area contributed by atoms with Crippen LogP contribution in [0.2, 0.25) is 0 Å². The number of hydrogen-bond donors (Lipinski definition) is 0. The third kappa shape index (κ3) is 3.04. The average Bonchev–Trinajstić information content (AvgIpc) is 2.96. The molecule has 0 N–H and O–H groups in total. The summed E-state index contributed by atoms with van der Waals surface area (Å²) in [4.78, 5) is 20.8. The molecule has 0 bridgehead atoms. The Labute approximate surface area is 142 Å². The number of carbonyl (C=O) groups is 1. The molecule has 4 nitrogen and oxygen atoms in total. The van der Waals surface area contributed by atoms with Crippen LogP contribution in [-0.4, -0.2) is 23.0 Å². The van der Waals surface area contributed by atoms with Crippen LogP contribution in [0.5, 0.6) is 0 Å². The first-order chi connectivity index (χ1) is 10.6. The monoisotopic (exact) mass is 382 g/mol. The number of rotatable bonds is 3. The van der Waals surface area contributed by atoms with E-state index in [1.807, 2.05) is 6.07 Å². The number of halogens is 1. The van der Waals surface area contributed by atoms with Crippen molar-refractivity contribution in [1.29, 1.82) is 0 Å². The normalized spacial score (nSPS) is 22.0. The second kappa shape index (κ2) is 6.62. The molecule has 0 saturated heterocycles. The van der Waals surface area contributed by atoms with Crippen molar-refractivity contribution in [3.8, 4) is 0 Å². The molecule has 0 aromatic carbocycles. The van der Waals surface area contributed by atoms with Crippen molar-refractivity contribution in [3.63, 3.8) is 0 Å². The molecule has 1 aliphatic carbocycles. The van der Waals surface area contributed by atoms with E-state index in [1.54, 1.807) is 11.3 Å². The second-order valence-electron chi connectivity index (χ2n) is 5.81. The van der Waals surface area contributed by atoms with E-state index in [0.29, 0.717) is 21.7 Å². The molecule has 6 heteroatoms. The second-order valence-corrected chi connectivity index (χ2v) is 7.73. The first-order valence-electron chi connectivity index (χ1n) is 7.67. The van der Waals surface area contributed by atoms with E-state index in [-0.39, 0.29) is 0 Å². The van der Waals surface area contributed by atoms with E-state index in [2.05, 4.69) is 32.8 Å².